The molecule has 0 saturated heterocycles. The van der Waals surface area contributed by atoms with Crippen LogP contribution in [0.25, 0.3) is 22.0 Å². The van der Waals surface area contributed by atoms with E-state index in [1.807, 2.05) is 12.1 Å². The average Bonchev–Trinajstić information content (AvgIpc) is 3.27. The molecule has 1 aliphatic rings. The monoisotopic (exact) mass is 446 g/mol. The maximum absolute atomic E-state index is 13.5. The van der Waals surface area contributed by atoms with Crippen LogP contribution in [0.15, 0.2) is 96.8 Å². The molecule has 166 valence electrons. The summed E-state index contributed by atoms with van der Waals surface area (Å²) in [5.74, 6) is 1.04. The SMILES string of the molecule is C=C=CN=C(C=C)c1nc(N2CCc3cc(C)ccc32)c2cc(-c3ccc(F)cc3)ccc2n1. The van der Waals surface area contributed by atoms with E-state index in [2.05, 4.69) is 60.0 Å². The smallest absolute Gasteiger partial charge is 0.180 e. The third-order valence-corrected chi connectivity index (χ3v) is 5.96. The summed E-state index contributed by atoms with van der Waals surface area (Å²) in [5.41, 5.74) is 9.59. The zero-order valence-corrected chi connectivity index (χ0v) is 18.9. The van der Waals surface area contributed by atoms with E-state index in [9.17, 15) is 4.39 Å². The van der Waals surface area contributed by atoms with Gasteiger partial charge in [-0.25, -0.2) is 19.4 Å². The number of aromatic nitrogens is 2. The van der Waals surface area contributed by atoms with Gasteiger partial charge in [0.1, 0.15) is 17.3 Å². The third-order valence-electron chi connectivity index (χ3n) is 5.96. The van der Waals surface area contributed by atoms with Gasteiger partial charge in [-0.2, -0.15) is 0 Å². The second-order valence-electron chi connectivity index (χ2n) is 8.20. The fourth-order valence-electron chi connectivity index (χ4n) is 4.32. The molecule has 0 radical (unpaired) electrons. The Labute approximate surface area is 198 Å². The Kier molecular flexibility index (Phi) is 5.62. The van der Waals surface area contributed by atoms with Gasteiger partial charge in [0.2, 0.25) is 0 Å². The van der Waals surface area contributed by atoms with Crippen molar-refractivity contribution in [2.24, 2.45) is 4.99 Å². The molecule has 34 heavy (non-hydrogen) atoms. The van der Waals surface area contributed by atoms with Crippen molar-refractivity contribution in [3.63, 3.8) is 0 Å². The Hall–Kier alpha value is -4.34. The minimum absolute atomic E-state index is 0.257. The van der Waals surface area contributed by atoms with Crippen LogP contribution in [0.5, 0.6) is 0 Å². The molecular weight excluding hydrogens is 423 g/mol. The lowest BCUT2D eigenvalue weighted by Gasteiger charge is -2.21. The number of hydrogen-bond donors (Lipinski definition) is 0. The molecule has 1 aliphatic heterocycles. The van der Waals surface area contributed by atoms with Gasteiger partial charge in [-0.15, -0.1) is 5.73 Å². The molecular formula is C29H23FN4. The average molecular weight is 447 g/mol. The van der Waals surface area contributed by atoms with Gasteiger partial charge in [-0.05, 0) is 66.4 Å². The normalized spacial score (nSPS) is 13.0. The number of aliphatic imine (C=N–C) groups is 1. The van der Waals surface area contributed by atoms with Crippen LogP contribution < -0.4 is 4.90 Å². The number of halogens is 1. The predicted octanol–water partition coefficient (Wildman–Crippen LogP) is 6.71. The first-order chi connectivity index (χ1) is 16.6. The summed E-state index contributed by atoms with van der Waals surface area (Å²) in [6.45, 7) is 10.4. The van der Waals surface area contributed by atoms with Gasteiger partial charge in [0.25, 0.3) is 0 Å². The zero-order valence-electron chi connectivity index (χ0n) is 18.9. The van der Waals surface area contributed by atoms with Gasteiger partial charge in [0.15, 0.2) is 5.82 Å². The maximum Gasteiger partial charge on any atom is 0.180 e. The van der Waals surface area contributed by atoms with Crippen molar-refractivity contribution in [1.82, 2.24) is 9.97 Å². The second kappa shape index (κ2) is 8.89. The van der Waals surface area contributed by atoms with Crippen LogP contribution in [-0.4, -0.2) is 22.2 Å². The summed E-state index contributed by atoms with van der Waals surface area (Å²) in [6, 6.07) is 19.0. The second-order valence-corrected chi connectivity index (χ2v) is 8.20. The molecule has 4 aromatic rings. The lowest BCUT2D eigenvalue weighted by Crippen LogP contribution is -2.18. The molecule has 1 aromatic heterocycles. The van der Waals surface area contributed by atoms with E-state index < -0.39 is 0 Å². The van der Waals surface area contributed by atoms with Crippen LogP contribution in [0.4, 0.5) is 15.9 Å². The highest BCUT2D eigenvalue weighted by Gasteiger charge is 2.25. The van der Waals surface area contributed by atoms with Crippen LogP contribution >= 0.6 is 0 Å². The number of allylic oxidation sites excluding steroid dienone is 1. The van der Waals surface area contributed by atoms with Crippen molar-refractivity contribution in [2.75, 3.05) is 11.4 Å². The molecule has 0 bridgehead atoms. The first kappa shape index (κ1) is 21.5. The number of nitrogens with zero attached hydrogens (tertiary/aromatic N) is 4. The Bertz CT molecular complexity index is 1500. The number of benzene rings is 3. The summed E-state index contributed by atoms with van der Waals surface area (Å²) in [6.07, 6.45) is 4.06. The highest BCUT2D eigenvalue weighted by atomic mass is 19.1. The van der Waals surface area contributed by atoms with Crippen molar-refractivity contribution >= 4 is 28.1 Å². The number of rotatable bonds is 5. The Morgan fingerprint density at radius 3 is 2.62 bits per heavy atom. The predicted molar refractivity (Wildman–Crippen MR) is 137 cm³/mol. The van der Waals surface area contributed by atoms with Gasteiger partial charge in [0.05, 0.1) is 11.7 Å². The van der Waals surface area contributed by atoms with Gasteiger partial charge >= 0.3 is 0 Å². The van der Waals surface area contributed by atoms with Gasteiger partial charge in [0, 0.05) is 17.6 Å². The van der Waals surface area contributed by atoms with E-state index in [4.69, 9.17) is 9.97 Å². The van der Waals surface area contributed by atoms with Gasteiger partial charge in [-0.3, -0.25) is 0 Å². The van der Waals surface area contributed by atoms with Crippen molar-refractivity contribution in [3.05, 3.63) is 115 Å². The molecule has 5 heteroatoms. The van der Waals surface area contributed by atoms with Crippen molar-refractivity contribution in [3.8, 4) is 11.1 Å². The van der Waals surface area contributed by atoms with Crippen LogP contribution in [0.2, 0.25) is 0 Å². The summed E-state index contributed by atoms with van der Waals surface area (Å²) in [4.78, 5) is 16.3. The lowest BCUT2D eigenvalue weighted by atomic mass is 10.0. The highest BCUT2D eigenvalue weighted by Crippen LogP contribution is 2.38. The van der Waals surface area contributed by atoms with Crippen LogP contribution in [-0.2, 0) is 6.42 Å². The van der Waals surface area contributed by atoms with Crippen LogP contribution in [0, 0.1) is 12.7 Å². The van der Waals surface area contributed by atoms with E-state index in [0.29, 0.717) is 11.5 Å². The summed E-state index contributed by atoms with van der Waals surface area (Å²) in [7, 11) is 0. The largest absolute Gasteiger partial charge is 0.325 e. The molecule has 2 heterocycles. The van der Waals surface area contributed by atoms with Crippen LogP contribution in [0.3, 0.4) is 0 Å². The van der Waals surface area contributed by atoms with E-state index in [1.54, 1.807) is 18.2 Å². The Morgan fingerprint density at radius 2 is 1.85 bits per heavy atom. The molecule has 0 saturated carbocycles. The lowest BCUT2D eigenvalue weighted by molar-refractivity contribution is 0.628. The maximum atomic E-state index is 13.5. The number of anilines is 2. The fraction of sp³-hybridized carbons (Fsp3) is 0.103. The van der Waals surface area contributed by atoms with E-state index in [1.165, 1.54) is 29.5 Å². The fourth-order valence-corrected chi connectivity index (χ4v) is 4.32. The standard InChI is InChI=1S/C29H23FN4/c1-4-15-31-25(5-2)28-32-26-12-9-21(20-7-10-23(30)11-8-20)18-24(26)29(33-28)34-16-14-22-17-19(3)6-13-27(22)34/h5-13,15,17-18H,1-2,14,16H2,3H3. The van der Waals surface area contributed by atoms with Crippen molar-refractivity contribution < 1.29 is 4.39 Å². The molecule has 3 aromatic carbocycles. The zero-order chi connectivity index (χ0) is 23.7. The van der Waals surface area contributed by atoms with Gasteiger partial charge < -0.3 is 4.90 Å². The minimum atomic E-state index is -0.257. The Morgan fingerprint density at radius 1 is 1.06 bits per heavy atom. The molecule has 0 N–H and O–H groups in total. The van der Waals surface area contributed by atoms with Crippen LogP contribution in [0.1, 0.15) is 17.0 Å². The first-order valence-corrected chi connectivity index (χ1v) is 11.1. The molecule has 0 unspecified atom stereocenters. The quantitative estimate of drug-likeness (QED) is 0.253. The summed E-state index contributed by atoms with van der Waals surface area (Å²) < 4.78 is 13.5. The minimum Gasteiger partial charge on any atom is -0.325 e. The van der Waals surface area contributed by atoms with E-state index >= 15 is 0 Å². The number of hydrogen-bond acceptors (Lipinski definition) is 4. The summed E-state index contributed by atoms with van der Waals surface area (Å²) in [5, 5.41) is 0.918. The number of fused-ring (bicyclic) bond motifs is 2. The molecule has 5 rings (SSSR count). The van der Waals surface area contributed by atoms with Crippen molar-refractivity contribution in [2.45, 2.75) is 13.3 Å². The number of aryl methyl sites for hydroxylation is 1. The van der Waals surface area contributed by atoms with Gasteiger partial charge in [-0.1, -0.05) is 49.1 Å². The summed E-state index contributed by atoms with van der Waals surface area (Å²) >= 11 is 0. The first-order valence-electron chi connectivity index (χ1n) is 11.1. The molecule has 4 nitrogen and oxygen atoms in total. The molecule has 0 spiro atoms. The molecule has 0 atom stereocenters. The van der Waals surface area contributed by atoms with E-state index in [0.717, 1.165) is 46.5 Å². The third kappa shape index (κ3) is 3.94. The molecule has 0 amide bonds. The topological polar surface area (TPSA) is 41.4 Å². The highest BCUT2D eigenvalue weighted by molar-refractivity contribution is 6.08. The molecule has 0 fully saturated rings. The van der Waals surface area contributed by atoms with Crippen molar-refractivity contribution in [1.29, 1.82) is 0 Å². The van der Waals surface area contributed by atoms with E-state index in [-0.39, 0.29) is 5.82 Å². The Balaban J connectivity index is 1.74. The molecule has 0 aliphatic carbocycles.